The second-order valence-electron chi connectivity index (χ2n) is 2.93. The lowest BCUT2D eigenvalue weighted by molar-refractivity contribution is 0.305. The van der Waals surface area contributed by atoms with Gasteiger partial charge in [-0.05, 0) is 30.2 Å². The molecule has 0 fully saturated rings. The minimum atomic E-state index is 0.130. The van der Waals surface area contributed by atoms with Gasteiger partial charge in [-0.2, -0.15) is 0 Å². The van der Waals surface area contributed by atoms with E-state index in [1.54, 1.807) is 0 Å². The van der Waals surface area contributed by atoms with Crippen molar-refractivity contribution in [3.63, 3.8) is 0 Å². The monoisotopic (exact) mass is 252 g/mol. The van der Waals surface area contributed by atoms with Gasteiger partial charge in [0.05, 0.1) is 6.61 Å². The van der Waals surface area contributed by atoms with Crippen LogP contribution in [-0.2, 0) is 6.42 Å². The van der Waals surface area contributed by atoms with Gasteiger partial charge in [-0.25, -0.2) is 0 Å². The fourth-order valence-electron chi connectivity index (χ4n) is 1.19. The van der Waals surface area contributed by atoms with Crippen molar-refractivity contribution in [3.05, 3.63) is 33.8 Å². The summed E-state index contributed by atoms with van der Waals surface area (Å²) in [7, 11) is 0. The van der Waals surface area contributed by atoms with Crippen molar-refractivity contribution in [2.75, 3.05) is 6.61 Å². The first-order chi connectivity index (χ1) is 6.77. The average molecular weight is 253 g/mol. The summed E-state index contributed by atoms with van der Waals surface area (Å²) in [5, 5.41) is 8.60. The van der Waals surface area contributed by atoms with Gasteiger partial charge in [0, 0.05) is 16.5 Å². The molecule has 0 unspecified atom stereocenters. The predicted molar refractivity (Wildman–Crippen MR) is 62.1 cm³/mol. The Morgan fingerprint density at radius 3 is 2.86 bits per heavy atom. The number of rotatable bonds is 2. The van der Waals surface area contributed by atoms with Gasteiger partial charge >= 0.3 is 0 Å². The molecule has 0 saturated heterocycles. The molecule has 0 atom stereocenters. The molecule has 0 heterocycles. The molecule has 0 radical (unpaired) electrons. The molecule has 1 rings (SSSR count). The van der Waals surface area contributed by atoms with Crippen LogP contribution in [-0.4, -0.2) is 11.7 Å². The molecule has 0 aliphatic heterocycles. The van der Waals surface area contributed by atoms with Crippen LogP contribution in [0.5, 0.6) is 0 Å². The molecular formula is C12H13BrO. The number of hydrogen-bond acceptors (Lipinski definition) is 1. The molecule has 14 heavy (non-hydrogen) atoms. The Hall–Kier alpha value is -0.780. The van der Waals surface area contributed by atoms with Crippen LogP contribution in [0.3, 0.4) is 0 Å². The zero-order chi connectivity index (χ0) is 10.4. The Morgan fingerprint density at radius 1 is 1.43 bits per heavy atom. The van der Waals surface area contributed by atoms with Crippen LogP contribution in [0.15, 0.2) is 22.7 Å². The van der Waals surface area contributed by atoms with Gasteiger partial charge in [0.1, 0.15) is 0 Å². The molecule has 0 aliphatic rings. The fraction of sp³-hybridized carbons (Fsp3) is 0.333. The van der Waals surface area contributed by atoms with Crippen LogP contribution < -0.4 is 0 Å². The Kier molecular flexibility index (Phi) is 4.72. The summed E-state index contributed by atoms with van der Waals surface area (Å²) in [6.45, 7) is 2.24. The van der Waals surface area contributed by atoms with Crippen molar-refractivity contribution < 1.29 is 5.11 Å². The Bertz CT molecular complexity index is 360. The molecule has 0 aliphatic carbocycles. The maximum absolute atomic E-state index is 8.60. The topological polar surface area (TPSA) is 20.2 Å². The maximum Gasteiger partial charge on any atom is 0.0540 e. The lowest BCUT2D eigenvalue weighted by Crippen LogP contribution is -1.87. The number of aryl methyl sites for hydroxylation is 1. The number of benzene rings is 1. The van der Waals surface area contributed by atoms with Gasteiger partial charge in [-0.3, -0.25) is 0 Å². The van der Waals surface area contributed by atoms with E-state index in [-0.39, 0.29) is 6.61 Å². The smallest absolute Gasteiger partial charge is 0.0540 e. The molecule has 0 saturated carbocycles. The highest BCUT2D eigenvalue weighted by atomic mass is 79.9. The van der Waals surface area contributed by atoms with Crippen molar-refractivity contribution in [2.45, 2.75) is 19.8 Å². The Balaban J connectivity index is 2.92. The van der Waals surface area contributed by atoms with Crippen molar-refractivity contribution >= 4 is 15.9 Å². The highest BCUT2D eigenvalue weighted by molar-refractivity contribution is 9.10. The van der Waals surface area contributed by atoms with Gasteiger partial charge in [0.15, 0.2) is 0 Å². The second kappa shape index (κ2) is 5.85. The van der Waals surface area contributed by atoms with Gasteiger partial charge in [0.2, 0.25) is 0 Å². The maximum atomic E-state index is 8.60. The van der Waals surface area contributed by atoms with Crippen molar-refractivity contribution in [1.29, 1.82) is 0 Å². The van der Waals surface area contributed by atoms with Crippen LogP contribution in [0, 0.1) is 11.8 Å². The van der Waals surface area contributed by atoms with E-state index in [1.165, 1.54) is 5.56 Å². The third kappa shape index (κ3) is 3.17. The summed E-state index contributed by atoms with van der Waals surface area (Å²) in [5.41, 5.74) is 2.30. The van der Waals surface area contributed by atoms with Crippen LogP contribution in [0.4, 0.5) is 0 Å². The Labute approximate surface area is 93.3 Å². The molecule has 0 bridgehead atoms. The number of aliphatic hydroxyl groups excluding tert-OH is 1. The van der Waals surface area contributed by atoms with Crippen LogP contribution in [0.25, 0.3) is 0 Å². The molecule has 1 aromatic rings. The molecule has 0 amide bonds. The van der Waals surface area contributed by atoms with E-state index < -0.39 is 0 Å². The summed E-state index contributed by atoms with van der Waals surface area (Å²) < 4.78 is 1.09. The molecule has 0 aromatic heterocycles. The van der Waals surface area contributed by atoms with E-state index in [0.717, 1.165) is 16.5 Å². The second-order valence-corrected chi connectivity index (χ2v) is 3.85. The molecule has 2 heteroatoms. The third-order valence-electron chi connectivity index (χ3n) is 1.91. The summed E-state index contributed by atoms with van der Waals surface area (Å²) in [6.07, 6.45) is 1.52. The fourth-order valence-corrected chi connectivity index (χ4v) is 1.60. The van der Waals surface area contributed by atoms with Gasteiger partial charge < -0.3 is 5.11 Å². The predicted octanol–water partition coefficient (Wildman–Crippen LogP) is 2.75. The normalized spacial score (nSPS) is 9.36. The quantitative estimate of drug-likeness (QED) is 0.803. The SMILES string of the molecule is CCc1cc(Br)ccc1C#CCCO. The number of aliphatic hydroxyl groups is 1. The van der Waals surface area contributed by atoms with E-state index in [1.807, 2.05) is 12.1 Å². The largest absolute Gasteiger partial charge is 0.395 e. The number of halogens is 1. The molecule has 1 N–H and O–H groups in total. The molecule has 0 spiro atoms. The molecule has 1 aromatic carbocycles. The lowest BCUT2D eigenvalue weighted by Gasteiger charge is -2.01. The molecule has 1 nitrogen and oxygen atoms in total. The van der Waals surface area contributed by atoms with Crippen molar-refractivity contribution in [1.82, 2.24) is 0 Å². The van der Waals surface area contributed by atoms with Gasteiger partial charge in [-0.15, -0.1) is 0 Å². The first-order valence-corrected chi connectivity index (χ1v) is 5.45. The van der Waals surface area contributed by atoms with Gasteiger partial charge in [-0.1, -0.05) is 34.7 Å². The van der Waals surface area contributed by atoms with Crippen molar-refractivity contribution in [2.24, 2.45) is 0 Å². The first-order valence-electron chi connectivity index (χ1n) is 4.66. The van der Waals surface area contributed by atoms with Crippen molar-refractivity contribution in [3.8, 4) is 11.8 Å². The summed E-state index contributed by atoms with van der Waals surface area (Å²) >= 11 is 3.43. The zero-order valence-electron chi connectivity index (χ0n) is 8.18. The standard InChI is InChI=1S/C12H13BrO/c1-2-10-9-12(13)7-6-11(10)5-3-4-8-14/h6-7,9,14H,2,4,8H2,1H3. The highest BCUT2D eigenvalue weighted by Crippen LogP contribution is 2.16. The minimum absolute atomic E-state index is 0.130. The van der Waals surface area contributed by atoms with E-state index in [2.05, 4.69) is 40.8 Å². The van der Waals surface area contributed by atoms with E-state index in [4.69, 9.17) is 5.11 Å². The van der Waals surface area contributed by atoms with Crippen LogP contribution in [0.2, 0.25) is 0 Å². The zero-order valence-corrected chi connectivity index (χ0v) is 9.76. The molecular weight excluding hydrogens is 240 g/mol. The van der Waals surface area contributed by atoms with Crippen LogP contribution in [0.1, 0.15) is 24.5 Å². The highest BCUT2D eigenvalue weighted by Gasteiger charge is 1.97. The van der Waals surface area contributed by atoms with E-state index in [9.17, 15) is 0 Å². The number of hydrogen-bond donors (Lipinski definition) is 1. The molecule has 74 valence electrons. The summed E-state index contributed by atoms with van der Waals surface area (Å²) in [6, 6.07) is 6.08. The first kappa shape index (κ1) is 11.3. The summed E-state index contributed by atoms with van der Waals surface area (Å²) in [5.74, 6) is 5.99. The average Bonchev–Trinajstić information content (AvgIpc) is 2.20. The van der Waals surface area contributed by atoms with E-state index >= 15 is 0 Å². The summed E-state index contributed by atoms with van der Waals surface area (Å²) in [4.78, 5) is 0. The third-order valence-corrected chi connectivity index (χ3v) is 2.40. The van der Waals surface area contributed by atoms with Crippen LogP contribution >= 0.6 is 15.9 Å². The van der Waals surface area contributed by atoms with Gasteiger partial charge in [0.25, 0.3) is 0 Å². The van der Waals surface area contributed by atoms with E-state index in [0.29, 0.717) is 6.42 Å². The minimum Gasteiger partial charge on any atom is -0.395 e. The lowest BCUT2D eigenvalue weighted by atomic mass is 10.1. The Morgan fingerprint density at radius 2 is 2.21 bits per heavy atom.